The van der Waals surface area contributed by atoms with Crippen LogP contribution in [0.4, 0.5) is 16.2 Å². The maximum absolute atomic E-state index is 12.6. The van der Waals surface area contributed by atoms with Crippen LogP contribution in [0.3, 0.4) is 0 Å². The van der Waals surface area contributed by atoms with E-state index in [4.69, 9.17) is 0 Å². The number of piperazine rings is 1. The molecule has 0 atom stereocenters. The van der Waals surface area contributed by atoms with Gasteiger partial charge in [0.2, 0.25) is 11.8 Å². The molecule has 0 radical (unpaired) electrons. The number of nitrogens with one attached hydrogen (secondary N) is 2. The SMILES string of the molecule is C=CCN(CC(=O)Nc1ccc(N2CCN(C(=O)NC3CCCCC3)CC2)cc1)C(=O)C(C)C. The lowest BCUT2D eigenvalue weighted by Crippen LogP contribution is -2.53. The Morgan fingerprint density at radius 1 is 1.06 bits per heavy atom. The molecule has 34 heavy (non-hydrogen) atoms. The molecule has 186 valence electrons. The smallest absolute Gasteiger partial charge is 0.317 e. The van der Waals surface area contributed by atoms with Gasteiger partial charge in [-0.15, -0.1) is 6.58 Å². The van der Waals surface area contributed by atoms with Crippen molar-refractivity contribution in [3.05, 3.63) is 36.9 Å². The summed E-state index contributed by atoms with van der Waals surface area (Å²) >= 11 is 0. The summed E-state index contributed by atoms with van der Waals surface area (Å²) in [6.07, 6.45) is 7.50. The number of hydrogen-bond acceptors (Lipinski definition) is 4. The highest BCUT2D eigenvalue weighted by Crippen LogP contribution is 2.21. The predicted molar refractivity (Wildman–Crippen MR) is 136 cm³/mol. The monoisotopic (exact) mass is 469 g/mol. The van der Waals surface area contributed by atoms with E-state index in [2.05, 4.69) is 22.1 Å². The quantitative estimate of drug-likeness (QED) is 0.571. The molecular weight excluding hydrogens is 430 g/mol. The molecule has 1 aliphatic carbocycles. The number of carbonyl (C=O) groups excluding carboxylic acids is 3. The molecule has 0 spiro atoms. The molecule has 2 N–H and O–H groups in total. The minimum absolute atomic E-state index is 0.00430. The van der Waals surface area contributed by atoms with Gasteiger partial charge in [0.05, 0.1) is 0 Å². The van der Waals surface area contributed by atoms with Crippen molar-refractivity contribution < 1.29 is 14.4 Å². The predicted octanol–water partition coefficient (Wildman–Crippen LogP) is 3.46. The van der Waals surface area contributed by atoms with E-state index in [1.807, 2.05) is 43.0 Å². The topological polar surface area (TPSA) is 85.0 Å². The van der Waals surface area contributed by atoms with Crippen molar-refractivity contribution in [3.8, 4) is 0 Å². The van der Waals surface area contributed by atoms with Crippen LogP contribution < -0.4 is 15.5 Å². The normalized spacial score (nSPS) is 16.8. The molecule has 0 unspecified atom stereocenters. The second-order valence-electron chi connectivity index (χ2n) is 9.52. The minimum Gasteiger partial charge on any atom is -0.368 e. The summed E-state index contributed by atoms with van der Waals surface area (Å²) in [4.78, 5) is 43.0. The summed E-state index contributed by atoms with van der Waals surface area (Å²) in [5.74, 6) is -0.482. The summed E-state index contributed by atoms with van der Waals surface area (Å²) in [6, 6.07) is 8.09. The van der Waals surface area contributed by atoms with Crippen LogP contribution in [0, 0.1) is 5.92 Å². The minimum atomic E-state index is -0.235. The number of rotatable bonds is 8. The molecule has 2 fully saturated rings. The van der Waals surface area contributed by atoms with E-state index in [0.717, 1.165) is 31.6 Å². The Morgan fingerprint density at radius 3 is 2.29 bits per heavy atom. The molecule has 1 aromatic carbocycles. The number of urea groups is 1. The Labute approximate surface area is 203 Å². The number of amides is 4. The van der Waals surface area contributed by atoms with Gasteiger partial charge in [-0.05, 0) is 37.1 Å². The molecule has 2 aliphatic rings. The number of hydrogen-bond donors (Lipinski definition) is 2. The summed E-state index contributed by atoms with van der Waals surface area (Å²) < 4.78 is 0. The first-order valence-electron chi connectivity index (χ1n) is 12.5. The van der Waals surface area contributed by atoms with Gasteiger partial charge >= 0.3 is 6.03 Å². The van der Waals surface area contributed by atoms with Crippen LogP contribution in [0.2, 0.25) is 0 Å². The van der Waals surface area contributed by atoms with Crippen molar-refractivity contribution in [2.24, 2.45) is 5.92 Å². The third-order valence-corrected chi connectivity index (χ3v) is 6.51. The van der Waals surface area contributed by atoms with Crippen LogP contribution in [0.5, 0.6) is 0 Å². The first kappa shape index (κ1) is 25.6. The molecular formula is C26H39N5O3. The van der Waals surface area contributed by atoms with E-state index in [0.29, 0.717) is 31.4 Å². The molecule has 0 bridgehead atoms. The van der Waals surface area contributed by atoms with Crippen LogP contribution in [0.1, 0.15) is 46.0 Å². The highest BCUT2D eigenvalue weighted by Gasteiger charge is 2.24. The Bertz CT molecular complexity index is 840. The zero-order valence-corrected chi connectivity index (χ0v) is 20.6. The maximum Gasteiger partial charge on any atom is 0.317 e. The third kappa shape index (κ3) is 7.23. The Hall–Kier alpha value is -3.03. The van der Waals surface area contributed by atoms with Crippen LogP contribution in [-0.2, 0) is 9.59 Å². The van der Waals surface area contributed by atoms with E-state index in [9.17, 15) is 14.4 Å². The van der Waals surface area contributed by atoms with Crippen LogP contribution >= 0.6 is 0 Å². The third-order valence-electron chi connectivity index (χ3n) is 6.51. The molecule has 1 aromatic rings. The highest BCUT2D eigenvalue weighted by molar-refractivity contribution is 5.95. The van der Waals surface area contributed by atoms with Gasteiger partial charge < -0.3 is 25.3 Å². The fourth-order valence-corrected chi connectivity index (χ4v) is 4.56. The van der Waals surface area contributed by atoms with Crippen molar-refractivity contribution >= 4 is 29.2 Å². The average molecular weight is 470 g/mol. The zero-order chi connectivity index (χ0) is 24.5. The summed E-state index contributed by atoms with van der Waals surface area (Å²) in [7, 11) is 0. The highest BCUT2D eigenvalue weighted by atomic mass is 16.2. The maximum atomic E-state index is 12.6. The summed E-state index contributed by atoms with van der Waals surface area (Å²) in [5.41, 5.74) is 1.75. The van der Waals surface area contributed by atoms with Crippen molar-refractivity contribution in [1.29, 1.82) is 0 Å². The van der Waals surface area contributed by atoms with Crippen LogP contribution in [-0.4, -0.2) is 73.0 Å². The first-order valence-corrected chi connectivity index (χ1v) is 12.5. The van der Waals surface area contributed by atoms with E-state index in [-0.39, 0.29) is 30.3 Å². The van der Waals surface area contributed by atoms with Crippen molar-refractivity contribution in [2.45, 2.75) is 52.0 Å². The lowest BCUT2D eigenvalue weighted by molar-refractivity contribution is -0.136. The van der Waals surface area contributed by atoms with Gasteiger partial charge in [0.25, 0.3) is 0 Å². The van der Waals surface area contributed by atoms with Gasteiger partial charge in [-0.1, -0.05) is 39.2 Å². The van der Waals surface area contributed by atoms with Gasteiger partial charge in [-0.25, -0.2) is 4.79 Å². The second kappa shape index (κ2) is 12.4. The molecule has 3 rings (SSSR count). The van der Waals surface area contributed by atoms with Gasteiger partial charge in [-0.2, -0.15) is 0 Å². The second-order valence-corrected chi connectivity index (χ2v) is 9.52. The van der Waals surface area contributed by atoms with Crippen LogP contribution in [0.25, 0.3) is 0 Å². The Morgan fingerprint density at radius 2 is 1.71 bits per heavy atom. The number of nitrogens with zero attached hydrogens (tertiary/aromatic N) is 3. The van der Waals surface area contributed by atoms with E-state index in [1.165, 1.54) is 24.2 Å². The van der Waals surface area contributed by atoms with Gasteiger partial charge in [0.1, 0.15) is 6.54 Å². The Balaban J connectivity index is 1.46. The molecule has 1 heterocycles. The molecule has 8 nitrogen and oxygen atoms in total. The fourth-order valence-electron chi connectivity index (χ4n) is 4.56. The van der Waals surface area contributed by atoms with Crippen LogP contribution in [0.15, 0.2) is 36.9 Å². The zero-order valence-electron chi connectivity index (χ0n) is 20.6. The number of carbonyl (C=O) groups is 3. The van der Waals surface area contributed by atoms with Crippen molar-refractivity contribution in [2.75, 3.05) is 49.5 Å². The van der Waals surface area contributed by atoms with E-state index in [1.54, 1.807) is 6.08 Å². The average Bonchev–Trinajstić information content (AvgIpc) is 2.84. The standard InChI is InChI=1S/C26H39N5O3/c1-4-14-31(25(33)20(2)3)19-24(32)27-22-10-12-23(13-11-22)29-15-17-30(18-16-29)26(34)28-21-8-6-5-7-9-21/h4,10-13,20-21H,1,5-9,14-19H2,2-3H3,(H,27,32)(H,28,34). The van der Waals surface area contributed by atoms with Crippen molar-refractivity contribution in [1.82, 2.24) is 15.1 Å². The lowest BCUT2D eigenvalue weighted by Gasteiger charge is -2.37. The fraction of sp³-hybridized carbons (Fsp3) is 0.577. The van der Waals surface area contributed by atoms with Gasteiger partial charge in [0, 0.05) is 56.1 Å². The molecule has 4 amide bonds. The molecule has 8 heteroatoms. The number of anilines is 2. The number of benzene rings is 1. The largest absolute Gasteiger partial charge is 0.368 e. The summed E-state index contributed by atoms with van der Waals surface area (Å²) in [6.45, 7) is 10.6. The van der Waals surface area contributed by atoms with Crippen molar-refractivity contribution in [3.63, 3.8) is 0 Å². The molecule has 1 saturated heterocycles. The summed E-state index contributed by atoms with van der Waals surface area (Å²) in [5, 5.41) is 6.07. The Kier molecular flexibility index (Phi) is 9.36. The molecule has 1 saturated carbocycles. The first-order chi connectivity index (χ1) is 16.4. The van der Waals surface area contributed by atoms with Gasteiger partial charge in [0.15, 0.2) is 0 Å². The molecule has 0 aromatic heterocycles. The van der Waals surface area contributed by atoms with E-state index < -0.39 is 0 Å². The van der Waals surface area contributed by atoms with E-state index >= 15 is 0 Å². The van der Waals surface area contributed by atoms with Gasteiger partial charge in [-0.3, -0.25) is 9.59 Å². The lowest BCUT2D eigenvalue weighted by atomic mass is 9.96. The molecule has 1 aliphatic heterocycles.